The molecule has 2 aromatic rings. The van der Waals surface area contributed by atoms with Crippen molar-refractivity contribution in [3.05, 3.63) is 41.8 Å². The second-order valence-electron chi connectivity index (χ2n) is 3.45. The van der Waals surface area contributed by atoms with Gasteiger partial charge in [-0.25, -0.2) is 4.79 Å². The quantitative estimate of drug-likeness (QED) is 0.701. The third kappa shape index (κ3) is 2.29. The molecule has 1 aromatic heterocycles. The zero-order valence-electron chi connectivity index (χ0n) is 9.08. The molecule has 0 saturated heterocycles. The van der Waals surface area contributed by atoms with Crippen molar-refractivity contribution >= 4 is 23.3 Å². The van der Waals surface area contributed by atoms with Gasteiger partial charge in [-0.05, 0) is 18.2 Å². The van der Waals surface area contributed by atoms with Gasteiger partial charge in [0.05, 0.1) is 16.9 Å². The molecule has 92 valence electrons. The predicted octanol–water partition coefficient (Wildman–Crippen LogP) is 1.21. The summed E-state index contributed by atoms with van der Waals surface area (Å²) in [6.07, 6.45) is 1.27. The lowest BCUT2D eigenvalue weighted by atomic mass is 10.1. The highest BCUT2D eigenvalue weighted by Gasteiger charge is 2.12. The van der Waals surface area contributed by atoms with Gasteiger partial charge in [-0.15, -0.1) is 0 Å². The maximum absolute atomic E-state index is 11.6. The smallest absolute Gasteiger partial charge is 0.335 e. The summed E-state index contributed by atoms with van der Waals surface area (Å²) in [6.45, 7) is 0. The fourth-order valence-electron chi connectivity index (χ4n) is 1.33. The molecule has 0 unspecified atom stereocenters. The monoisotopic (exact) mass is 247 g/mol. The van der Waals surface area contributed by atoms with Gasteiger partial charge in [-0.1, -0.05) is 5.16 Å². The number of nitrogens with one attached hydrogen (secondary N) is 1. The molecule has 0 aliphatic carbocycles. The molecule has 0 spiro atoms. The van der Waals surface area contributed by atoms with Gasteiger partial charge >= 0.3 is 5.97 Å². The first-order chi connectivity index (χ1) is 8.58. The molecular weight excluding hydrogens is 238 g/mol. The molecule has 0 radical (unpaired) electrons. The van der Waals surface area contributed by atoms with Crippen LogP contribution in [0.25, 0.3) is 0 Å². The SMILES string of the molecule is Nc1cc(C(=O)O)ccc1NC(=O)c1ccon1. The van der Waals surface area contributed by atoms with E-state index in [2.05, 4.69) is 15.0 Å². The average molecular weight is 247 g/mol. The van der Waals surface area contributed by atoms with E-state index in [1.54, 1.807) is 0 Å². The second-order valence-corrected chi connectivity index (χ2v) is 3.45. The van der Waals surface area contributed by atoms with Gasteiger partial charge in [0.1, 0.15) is 6.26 Å². The Morgan fingerprint density at radius 2 is 2.11 bits per heavy atom. The first-order valence-electron chi connectivity index (χ1n) is 4.92. The van der Waals surface area contributed by atoms with Crippen LogP contribution in [0.2, 0.25) is 0 Å². The van der Waals surface area contributed by atoms with Crippen LogP contribution < -0.4 is 11.1 Å². The number of carbonyl (C=O) groups is 2. The fraction of sp³-hybridized carbons (Fsp3) is 0. The van der Waals surface area contributed by atoms with Crippen molar-refractivity contribution in [3.8, 4) is 0 Å². The van der Waals surface area contributed by atoms with E-state index in [4.69, 9.17) is 10.8 Å². The lowest BCUT2D eigenvalue weighted by molar-refractivity contribution is 0.0697. The van der Waals surface area contributed by atoms with Crippen molar-refractivity contribution in [2.45, 2.75) is 0 Å². The highest BCUT2D eigenvalue weighted by molar-refractivity contribution is 6.04. The van der Waals surface area contributed by atoms with Crippen molar-refractivity contribution in [2.24, 2.45) is 0 Å². The molecule has 1 amide bonds. The molecule has 0 atom stereocenters. The summed E-state index contributed by atoms with van der Waals surface area (Å²) in [6, 6.07) is 5.42. The normalized spacial score (nSPS) is 10.0. The molecule has 0 bridgehead atoms. The maximum Gasteiger partial charge on any atom is 0.335 e. The van der Waals surface area contributed by atoms with Crippen LogP contribution in [0.5, 0.6) is 0 Å². The van der Waals surface area contributed by atoms with Crippen molar-refractivity contribution < 1.29 is 19.2 Å². The highest BCUT2D eigenvalue weighted by Crippen LogP contribution is 2.20. The number of carboxylic acid groups (broad SMARTS) is 1. The Morgan fingerprint density at radius 3 is 2.67 bits per heavy atom. The summed E-state index contributed by atoms with van der Waals surface area (Å²) < 4.78 is 4.53. The predicted molar refractivity (Wildman–Crippen MR) is 62.3 cm³/mol. The van der Waals surface area contributed by atoms with Crippen molar-refractivity contribution in [2.75, 3.05) is 11.1 Å². The topological polar surface area (TPSA) is 118 Å². The zero-order chi connectivity index (χ0) is 13.1. The molecule has 0 aliphatic rings. The van der Waals surface area contributed by atoms with Gasteiger partial charge in [-0.3, -0.25) is 4.79 Å². The van der Waals surface area contributed by atoms with Crippen molar-refractivity contribution in [1.82, 2.24) is 5.16 Å². The van der Waals surface area contributed by atoms with Gasteiger partial charge in [0.2, 0.25) is 0 Å². The first kappa shape index (κ1) is 11.6. The number of carboxylic acids is 1. The van der Waals surface area contributed by atoms with E-state index in [-0.39, 0.29) is 16.9 Å². The van der Waals surface area contributed by atoms with E-state index in [1.165, 1.54) is 30.5 Å². The van der Waals surface area contributed by atoms with Crippen LogP contribution in [-0.2, 0) is 0 Å². The Labute approximate surface area is 101 Å². The molecule has 1 aromatic carbocycles. The third-order valence-corrected chi connectivity index (χ3v) is 2.22. The number of rotatable bonds is 3. The summed E-state index contributed by atoms with van der Waals surface area (Å²) in [7, 11) is 0. The number of aromatic nitrogens is 1. The van der Waals surface area contributed by atoms with Gasteiger partial charge in [0.15, 0.2) is 5.69 Å². The number of nitrogen functional groups attached to an aromatic ring is 1. The minimum atomic E-state index is -1.09. The molecule has 0 saturated carbocycles. The molecular formula is C11H9N3O4. The van der Waals surface area contributed by atoms with Crippen LogP contribution in [0.1, 0.15) is 20.8 Å². The number of hydrogen-bond donors (Lipinski definition) is 3. The lowest BCUT2D eigenvalue weighted by Crippen LogP contribution is -2.13. The van der Waals surface area contributed by atoms with Crippen LogP contribution in [0, 0.1) is 0 Å². The van der Waals surface area contributed by atoms with Gasteiger partial charge < -0.3 is 20.7 Å². The molecule has 18 heavy (non-hydrogen) atoms. The number of hydrogen-bond acceptors (Lipinski definition) is 5. The minimum Gasteiger partial charge on any atom is -0.478 e. The Bertz CT molecular complexity index is 592. The zero-order valence-corrected chi connectivity index (χ0v) is 9.08. The first-order valence-corrected chi connectivity index (χ1v) is 4.92. The minimum absolute atomic E-state index is 0.0481. The lowest BCUT2D eigenvalue weighted by Gasteiger charge is -2.07. The number of amides is 1. The number of anilines is 2. The summed E-state index contributed by atoms with van der Waals surface area (Å²) in [5.74, 6) is -1.57. The summed E-state index contributed by atoms with van der Waals surface area (Å²) in [4.78, 5) is 22.3. The van der Waals surface area contributed by atoms with Crippen molar-refractivity contribution in [1.29, 1.82) is 0 Å². The molecule has 7 nitrogen and oxygen atoms in total. The van der Waals surface area contributed by atoms with Crippen LogP contribution in [0.15, 0.2) is 35.1 Å². The van der Waals surface area contributed by atoms with E-state index in [0.717, 1.165) is 0 Å². The number of aromatic carboxylic acids is 1. The maximum atomic E-state index is 11.6. The third-order valence-electron chi connectivity index (χ3n) is 2.22. The molecule has 7 heteroatoms. The Morgan fingerprint density at radius 1 is 1.33 bits per heavy atom. The van der Waals surface area contributed by atoms with Crippen LogP contribution in [0.3, 0.4) is 0 Å². The Hall–Kier alpha value is -2.83. The average Bonchev–Trinajstić information content (AvgIpc) is 2.85. The number of nitrogens with zero attached hydrogens (tertiary/aromatic N) is 1. The van der Waals surface area contributed by atoms with Gasteiger partial charge in [-0.2, -0.15) is 0 Å². The van der Waals surface area contributed by atoms with Crippen LogP contribution >= 0.6 is 0 Å². The van der Waals surface area contributed by atoms with Gasteiger partial charge in [0.25, 0.3) is 5.91 Å². The highest BCUT2D eigenvalue weighted by atomic mass is 16.5. The number of benzene rings is 1. The summed E-state index contributed by atoms with van der Waals surface area (Å²) in [5.41, 5.74) is 6.27. The second kappa shape index (κ2) is 4.58. The molecule has 2 rings (SSSR count). The van der Waals surface area contributed by atoms with Crippen LogP contribution in [-0.4, -0.2) is 22.1 Å². The molecule has 4 N–H and O–H groups in total. The number of nitrogens with two attached hydrogens (primary N) is 1. The standard InChI is InChI=1S/C11H9N3O4/c12-7-5-6(11(16)17)1-2-8(7)13-10(15)9-3-4-18-14-9/h1-5H,12H2,(H,13,15)(H,16,17). The molecule has 0 aliphatic heterocycles. The van der Waals surface area contributed by atoms with E-state index >= 15 is 0 Å². The van der Waals surface area contributed by atoms with E-state index in [9.17, 15) is 9.59 Å². The summed E-state index contributed by atoms with van der Waals surface area (Å²) in [5, 5.41) is 14.7. The van der Waals surface area contributed by atoms with E-state index in [0.29, 0.717) is 5.69 Å². The van der Waals surface area contributed by atoms with Crippen LogP contribution in [0.4, 0.5) is 11.4 Å². The number of carbonyl (C=O) groups excluding carboxylic acids is 1. The largest absolute Gasteiger partial charge is 0.478 e. The summed E-state index contributed by atoms with van der Waals surface area (Å²) >= 11 is 0. The fourth-order valence-corrected chi connectivity index (χ4v) is 1.33. The van der Waals surface area contributed by atoms with Crippen molar-refractivity contribution in [3.63, 3.8) is 0 Å². The van der Waals surface area contributed by atoms with Gasteiger partial charge in [0, 0.05) is 6.07 Å². The van der Waals surface area contributed by atoms with E-state index < -0.39 is 11.9 Å². The Balaban J connectivity index is 2.20. The molecule has 0 fully saturated rings. The van der Waals surface area contributed by atoms with E-state index in [1.807, 2.05) is 0 Å². The molecule has 1 heterocycles. The Kier molecular flexibility index (Phi) is 2.96.